The number of aliphatic hydroxyl groups is 1. The molecule has 1 saturated heterocycles. The SMILES string of the molecule is CCCCC(C(=O)OC)C1(O)CCN(CC(C)C)CC1. The minimum atomic E-state index is -0.879. The Labute approximate surface area is 123 Å². The molecule has 1 atom stereocenters. The third kappa shape index (κ3) is 4.74. The second-order valence-electron chi connectivity index (χ2n) is 6.52. The molecular formula is C16H31NO3. The molecule has 0 bridgehead atoms. The van der Waals surface area contributed by atoms with Gasteiger partial charge in [0.05, 0.1) is 18.6 Å². The van der Waals surface area contributed by atoms with E-state index in [1.54, 1.807) is 0 Å². The highest BCUT2D eigenvalue weighted by molar-refractivity contribution is 5.73. The summed E-state index contributed by atoms with van der Waals surface area (Å²) in [4.78, 5) is 14.4. The number of piperidine rings is 1. The van der Waals surface area contributed by atoms with Crippen LogP contribution in [-0.4, -0.2) is 48.3 Å². The summed E-state index contributed by atoms with van der Waals surface area (Å²) in [5, 5.41) is 10.9. The Hall–Kier alpha value is -0.610. The molecule has 0 aliphatic carbocycles. The largest absolute Gasteiger partial charge is 0.469 e. The maximum atomic E-state index is 12.0. The van der Waals surface area contributed by atoms with Gasteiger partial charge in [0.15, 0.2) is 0 Å². The number of hydrogen-bond donors (Lipinski definition) is 1. The minimum Gasteiger partial charge on any atom is -0.469 e. The molecule has 4 heteroatoms. The normalized spacial score (nSPS) is 20.9. The lowest BCUT2D eigenvalue weighted by molar-refractivity contribution is -0.160. The number of unbranched alkanes of at least 4 members (excludes halogenated alkanes) is 1. The van der Waals surface area contributed by atoms with E-state index >= 15 is 0 Å². The minimum absolute atomic E-state index is 0.252. The van der Waals surface area contributed by atoms with Crippen molar-refractivity contribution < 1.29 is 14.6 Å². The van der Waals surface area contributed by atoms with Crippen LogP contribution in [0.4, 0.5) is 0 Å². The topological polar surface area (TPSA) is 49.8 Å². The average molecular weight is 285 g/mol. The third-order valence-electron chi connectivity index (χ3n) is 4.33. The molecule has 0 amide bonds. The fourth-order valence-corrected chi connectivity index (χ4v) is 3.14. The predicted octanol–water partition coefficient (Wildman–Crippen LogP) is 2.45. The van der Waals surface area contributed by atoms with Crippen LogP contribution in [0.3, 0.4) is 0 Å². The maximum absolute atomic E-state index is 12.0. The summed E-state index contributed by atoms with van der Waals surface area (Å²) in [6.45, 7) is 9.32. The van der Waals surface area contributed by atoms with E-state index in [-0.39, 0.29) is 11.9 Å². The Bertz CT molecular complexity index is 296. The summed E-state index contributed by atoms with van der Waals surface area (Å²) in [6.07, 6.45) is 4.05. The van der Waals surface area contributed by atoms with E-state index in [4.69, 9.17) is 4.74 Å². The number of likely N-dealkylation sites (tertiary alicyclic amines) is 1. The molecule has 1 heterocycles. The zero-order valence-electron chi connectivity index (χ0n) is 13.5. The van der Waals surface area contributed by atoms with Crippen LogP contribution >= 0.6 is 0 Å². The number of ether oxygens (including phenoxy) is 1. The Kier molecular flexibility index (Phi) is 6.96. The quantitative estimate of drug-likeness (QED) is 0.730. The van der Waals surface area contributed by atoms with Gasteiger partial charge < -0.3 is 14.7 Å². The fraction of sp³-hybridized carbons (Fsp3) is 0.938. The monoisotopic (exact) mass is 285 g/mol. The van der Waals surface area contributed by atoms with Crippen molar-refractivity contribution in [3.8, 4) is 0 Å². The zero-order chi connectivity index (χ0) is 15.2. The number of hydrogen-bond acceptors (Lipinski definition) is 4. The zero-order valence-corrected chi connectivity index (χ0v) is 13.5. The van der Waals surface area contributed by atoms with Gasteiger partial charge in [0.1, 0.15) is 0 Å². The lowest BCUT2D eigenvalue weighted by atomic mass is 9.77. The number of methoxy groups -OCH3 is 1. The van der Waals surface area contributed by atoms with Gasteiger partial charge in [0.25, 0.3) is 0 Å². The Balaban J connectivity index is 2.64. The van der Waals surface area contributed by atoms with E-state index in [9.17, 15) is 9.90 Å². The molecular weight excluding hydrogens is 254 g/mol. The van der Waals surface area contributed by atoms with E-state index in [0.29, 0.717) is 18.8 Å². The molecule has 0 aromatic heterocycles. The van der Waals surface area contributed by atoms with Crippen molar-refractivity contribution in [2.24, 2.45) is 11.8 Å². The highest BCUT2D eigenvalue weighted by Crippen LogP contribution is 2.34. The van der Waals surface area contributed by atoms with Crippen LogP contribution in [0.25, 0.3) is 0 Å². The van der Waals surface area contributed by atoms with Crippen LogP contribution < -0.4 is 0 Å². The van der Waals surface area contributed by atoms with Gasteiger partial charge in [-0.1, -0.05) is 33.6 Å². The first-order valence-corrected chi connectivity index (χ1v) is 7.95. The molecule has 1 aliphatic heterocycles. The average Bonchev–Trinajstić information content (AvgIpc) is 2.41. The van der Waals surface area contributed by atoms with E-state index in [1.165, 1.54) is 7.11 Å². The van der Waals surface area contributed by atoms with Gasteiger partial charge in [-0.3, -0.25) is 4.79 Å². The second kappa shape index (κ2) is 7.99. The lowest BCUT2D eigenvalue weighted by Crippen LogP contribution is -2.51. The first-order valence-electron chi connectivity index (χ1n) is 7.95. The summed E-state index contributed by atoms with van der Waals surface area (Å²) in [5.74, 6) is 0.0181. The number of esters is 1. The van der Waals surface area contributed by atoms with Crippen LogP contribution in [0.5, 0.6) is 0 Å². The van der Waals surface area contributed by atoms with Crippen molar-refractivity contribution in [3.63, 3.8) is 0 Å². The summed E-state index contributed by atoms with van der Waals surface area (Å²) in [7, 11) is 1.42. The molecule has 118 valence electrons. The standard InChI is InChI=1S/C16H31NO3/c1-5-6-7-14(15(18)20-4)16(19)8-10-17(11-9-16)12-13(2)3/h13-14,19H,5-12H2,1-4H3. The lowest BCUT2D eigenvalue weighted by Gasteiger charge is -2.42. The highest BCUT2D eigenvalue weighted by Gasteiger charge is 2.43. The number of carbonyl (C=O) groups excluding carboxylic acids is 1. The number of rotatable bonds is 7. The first kappa shape index (κ1) is 17.4. The highest BCUT2D eigenvalue weighted by atomic mass is 16.5. The van der Waals surface area contributed by atoms with Gasteiger partial charge in [-0.25, -0.2) is 0 Å². The molecule has 0 aromatic rings. The Morgan fingerprint density at radius 2 is 1.95 bits per heavy atom. The fourth-order valence-electron chi connectivity index (χ4n) is 3.14. The van der Waals surface area contributed by atoms with Crippen LogP contribution in [-0.2, 0) is 9.53 Å². The Morgan fingerprint density at radius 3 is 2.40 bits per heavy atom. The molecule has 1 aliphatic rings. The van der Waals surface area contributed by atoms with Crippen molar-refractivity contribution in [1.82, 2.24) is 4.90 Å². The van der Waals surface area contributed by atoms with Crippen molar-refractivity contribution >= 4 is 5.97 Å². The van der Waals surface area contributed by atoms with Crippen molar-refractivity contribution in [2.45, 2.75) is 58.5 Å². The third-order valence-corrected chi connectivity index (χ3v) is 4.33. The molecule has 0 aromatic carbocycles. The van der Waals surface area contributed by atoms with E-state index in [0.717, 1.165) is 38.9 Å². The molecule has 0 spiro atoms. The summed E-state index contributed by atoms with van der Waals surface area (Å²) < 4.78 is 4.91. The van der Waals surface area contributed by atoms with Gasteiger partial charge in [-0.15, -0.1) is 0 Å². The first-order chi connectivity index (χ1) is 9.42. The molecule has 0 radical (unpaired) electrons. The smallest absolute Gasteiger partial charge is 0.311 e. The number of nitrogens with zero attached hydrogens (tertiary/aromatic N) is 1. The van der Waals surface area contributed by atoms with Gasteiger partial charge >= 0.3 is 5.97 Å². The van der Waals surface area contributed by atoms with Gasteiger partial charge in [0, 0.05) is 19.6 Å². The van der Waals surface area contributed by atoms with Gasteiger partial charge in [0.2, 0.25) is 0 Å². The van der Waals surface area contributed by atoms with Crippen LogP contribution in [0.2, 0.25) is 0 Å². The molecule has 20 heavy (non-hydrogen) atoms. The predicted molar refractivity (Wildman–Crippen MR) is 80.5 cm³/mol. The maximum Gasteiger partial charge on any atom is 0.311 e. The summed E-state index contributed by atoms with van der Waals surface area (Å²) in [6, 6.07) is 0. The van der Waals surface area contributed by atoms with E-state index in [2.05, 4.69) is 25.7 Å². The van der Waals surface area contributed by atoms with E-state index in [1.807, 2.05) is 0 Å². The Morgan fingerprint density at radius 1 is 1.35 bits per heavy atom. The molecule has 4 nitrogen and oxygen atoms in total. The van der Waals surface area contributed by atoms with Gasteiger partial charge in [-0.2, -0.15) is 0 Å². The van der Waals surface area contributed by atoms with E-state index < -0.39 is 5.60 Å². The summed E-state index contributed by atoms with van der Waals surface area (Å²) in [5.41, 5.74) is -0.879. The van der Waals surface area contributed by atoms with Crippen molar-refractivity contribution in [3.05, 3.63) is 0 Å². The van der Waals surface area contributed by atoms with Crippen molar-refractivity contribution in [1.29, 1.82) is 0 Å². The number of carbonyl (C=O) groups is 1. The molecule has 1 fully saturated rings. The molecule has 1 N–H and O–H groups in total. The molecule has 1 rings (SSSR count). The van der Waals surface area contributed by atoms with Crippen molar-refractivity contribution in [2.75, 3.05) is 26.7 Å². The molecule has 1 unspecified atom stereocenters. The van der Waals surface area contributed by atoms with Crippen LogP contribution in [0.1, 0.15) is 52.9 Å². The van der Waals surface area contributed by atoms with Crippen LogP contribution in [0, 0.1) is 11.8 Å². The van der Waals surface area contributed by atoms with Gasteiger partial charge in [-0.05, 0) is 25.2 Å². The van der Waals surface area contributed by atoms with Crippen LogP contribution in [0.15, 0.2) is 0 Å². The second-order valence-corrected chi connectivity index (χ2v) is 6.52. The molecule has 0 saturated carbocycles. The summed E-state index contributed by atoms with van der Waals surface area (Å²) >= 11 is 0.